The van der Waals surface area contributed by atoms with E-state index in [-0.39, 0.29) is 42.5 Å². The minimum Gasteiger partial charge on any atom is -0.357 e. The standard InChI is InChI=1S/C18H28N6O2S.HI/c1-2-19-17(20-6-9-24-16(25)11-21-18(24)26)22-15-3-7-23(8-4-15)12-14-5-10-27-13-14;/h5,10,13,15H,2-4,6-9,11-12H2,1H3,(H,21,26)(H2,19,20,22);1H. The number of likely N-dealkylation sites (tertiary alicyclic amines) is 1. The molecule has 1 aromatic heterocycles. The summed E-state index contributed by atoms with van der Waals surface area (Å²) in [6.45, 7) is 6.74. The summed E-state index contributed by atoms with van der Waals surface area (Å²) in [6.07, 6.45) is 2.14. The second-order valence-corrected chi connectivity index (χ2v) is 7.57. The van der Waals surface area contributed by atoms with Gasteiger partial charge in [0.1, 0.15) is 0 Å². The molecule has 1 aromatic rings. The SMILES string of the molecule is CCNC(=NCCN1C(=O)CNC1=O)NC1CCN(Cc2ccsc2)CC1.I. The van der Waals surface area contributed by atoms with Crippen LogP contribution in [0.3, 0.4) is 0 Å². The topological polar surface area (TPSA) is 89.1 Å². The zero-order valence-corrected chi connectivity index (χ0v) is 19.3. The van der Waals surface area contributed by atoms with Gasteiger partial charge in [0.25, 0.3) is 0 Å². The van der Waals surface area contributed by atoms with Gasteiger partial charge in [0, 0.05) is 32.2 Å². The summed E-state index contributed by atoms with van der Waals surface area (Å²) >= 11 is 1.75. The van der Waals surface area contributed by atoms with Crippen molar-refractivity contribution in [3.8, 4) is 0 Å². The Hall–Kier alpha value is -1.40. The predicted octanol–water partition coefficient (Wildman–Crippen LogP) is 1.44. The van der Waals surface area contributed by atoms with Gasteiger partial charge < -0.3 is 16.0 Å². The summed E-state index contributed by atoms with van der Waals surface area (Å²) in [4.78, 5) is 31.4. The van der Waals surface area contributed by atoms with Crippen LogP contribution in [0.25, 0.3) is 0 Å². The highest BCUT2D eigenvalue weighted by Gasteiger charge is 2.27. The predicted molar refractivity (Wildman–Crippen MR) is 122 cm³/mol. The summed E-state index contributed by atoms with van der Waals surface area (Å²) in [5.74, 6) is 0.562. The fourth-order valence-corrected chi connectivity index (χ4v) is 3.99. The molecule has 2 saturated heterocycles. The van der Waals surface area contributed by atoms with E-state index in [0.29, 0.717) is 19.1 Å². The number of halogens is 1. The van der Waals surface area contributed by atoms with E-state index in [0.717, 1.165) is 45.0 Å². The quantitative estimate of drug-likeness (QED) is 0.219. The fraction of sp³-hybridized carbons (Fsp3) is 0.611. The molecule has 2 aliphatic rings. The molecule has 156 valence electrons. The Bertz CT molecular complexity index is 645. The van der Waals surface area contributed by atoms with Gasteiger partial charge >= 0.3 is 6.03 Å². The van der Waals surface area contributed by atoms with Gasteiger partial charge in [0.2, 0.25) is 5.91 Å². The largest absolute Gasteiger partial charge is 0.357 e. The van der Waals surface area contributed by atoms with Crippen LogP contribution in [-0.4, -0.2) is 73.0 Å². The second-order valence-electron chi connectivity index (χ2n) is 6.79. The first-order valence-corrected chi connectivity index (χ1v) is 10.5. The van der Waals surface area contributed by atoms with E-state index in [1.165, 1.54) is 10.5 Å². The molecule has 10 heteroatoms. The summed E-state index contributed by atoms with van der Waals surface area (Å²) in [5.41, 5.74) is 1.39. The number of nitrogens with one attached hydrogen (secondary N) is 3. The maximum absolute atomic E-state index is 11.6. The zero-order valence-electron chi connectivity index (χ0n) is 16.1. The lowest BCUT2D eigenvalue weighted by molar-refractivity contribution is -0.124. The Morgan fingerprint density at radius 1 is 1.36 bits per heavy atom. The average Bonchev–Trinajstić information content (AvgIpc) is 3.28. The highest BCUT2D eigenvalue weighted by atomic mass is 127. The van der Waals surface area contributed by atoms with Crippen molar-refractivity contribution in [2.45, 2.75) is 32.4 Å². The van der Waals surface area contributed by atoms with Crippen molar-refractivity contribution in [1.82, 2.24) is 25.8 Å². The number of nitrogens with zero attached hydrogens (tertiary/aromatic N) is 3. The molecule has 0 unspecified atom stereocenters. The molecule has 0 aliphatic carbocycles. The monoisotopic (exact) mass is 520 g/mol. The molecule has 3 amide bonds. The van der Waals surface area contributed by atoms with Crippen molar-refractivity contribution < 1.29 is 9.59 Å². The Kier molecular flexibility index (Phi) is 9.45. The van der Waals surface area contributed by atoms with Crippen molar-refractivity contribution in [3.63, 3.8) is 0 Å². The van der Waals surface area contributed by atoms with Crippen LogP contribution < -0.4 is 16.0 Å². The zero-order chi connectivity index (χ0) is 19.1. The van der Waals surface area contributed by atoms with E-state index in [9.17, 15) is 9.59 Å². The normalized spacial score (nSPS) is 18.8. The van der Waals surface area contributed by atoms with Crippen molar-refractivity contribution >= 4 is 53.2 Å². The molecule has 3 N–H and O–H groups in total. The second kappa shape index (κ2) is 11.6. The summed E-state index contributed by atoms with van der Waals surface area (Å²) < 4.78 is 0. The van der Waals surface area contributed by atoms with Gasteiger partial charge in [-0.1, -0.05) is 0 Å². The first-order valence-electron chi connectivity index (χ1n) is 9.52. The molecule has 2 aliphatic heterocycles. The molecular formula is C18H29IN6O2S. The first kappa shape index (κ1) is 22.9. The fourth-order valence-electron chi connectivity index (χ4n) is 3.33. The lowest BCUT2D eigenvalue weighted by Crippen LogP contribution is -2.48. The third-order valence-corrected chi connectivity index (χ3v) is 5.52. The first-order chi connectivity index (χ1) is 13.2. The number of carbonyl (C=O) groups is 2. The van der Waals surface area contributed by atoms with Crippen LogP contribution in [-0.2, 0) is 11.3 Å². The lowest BCUT2D eigenvalue weighted by atomic mass is 10.0. The van der Waals surface area contributed by atoms with E-state index >= 15 is 0 Å². The molecule has 2 fully saturated rings. The molecular weight excluding hydrogens is 491 g/mol. The maximum Gasteiger partial charge on any atom is 0.324 e. The van der Waals surface area contributed by atoms with E-state index < -0.39 is 0 Å². The van der Waals surface area contributed by atoms with Gasteiger partial charge in [0.05, 0.1) is 19.6 Å². The number of rotatable bonds is 7. The number of piperidine rings is 1. The molecule has 0 aromatic carbocycles. The van der Waals surface area contributed by atoms with Crippen LogP contribution in [0, 0.1) is 0 Å². The molecule has 8 nitrogen and oxygen atoms in total. The number of urea groups is 1. The molecule has 0 radical (unpaired) electrons. The Morgan fingerprint density at radius 3 is 2.75 bits per heavy atom. The molecule has 0 bridgehead atoms. The van der Waals surface area contributed by atoms with Crippen molar-refractivity contribution in [2.75, 3.05) is 39.3 Å². The molecule has 3 heterocycles. The highest BCUT2D eigenvalue weighted by molar-refractivity contribution is 14.0. The number of guanidine groups is 1. The summed E-state index contributed by atoms with van der Waals surface area (Å²) in [7, 11) is 0. The van der Waals surface area contributed by atoms with Gasteiger partial charge in [-0.2, -0.15) is 11.3 Å². The summed E-state index contributed by atoms with van der Waals surface area (Å²) in [5, 5.41) is 13.6. The third kappa shape index (κ3) is 6.59. The Labute approximate surface area is 187 Å². The van der Waals surface area contributed by atoms with Gasteiger partial charge in [-0.15, -0.1) is 24.0 Å². The molecule has 0 spiro atoms. The van der Waals surface area contributed by atoms with Crippen LogP contribution in [0.4, 0.5) is 4.79 Å². The third-order valence-electron chi connectivity index (χ3n) is 4.79. The van der Waals surface area contributed by atoms with Crippen LogP contribution in [0.5, 0.6) is 0 Å². The smallest absolute Gasteiger partial charge is 0.324 e. The van der Waals surface area contributed by atoms with Crippen LogP contribution in [0.2, 0.25) is 0 Å². The van der Waals surface area contributed by atoms with E-state index in [1.54, 1.807) is 11.3 Å². The minimum atomic E-state index is -0.328. The van der Waals surface area contributed by atoms with Crippen LogP contribution in [0.1, 0.15) is 25.3 Å². The van der Waals surface area contributed by atoms with Gasteiger partial charge in [-0.3, -0.25) is 19.6 Å². The Morgan fingerprint density at radius 2 is 2.14 bits per heavy atom. The van der Waals surface area contributed by atoms with Crippen molar-refractivity contribution in [1.29, 1.82) is 0 Å². The van der Waals surface area contributed by atoms with Gasteiger partial charge in [0.15, 0.2) is 5.96 Å². The number of amides is 3. The lowest BCUT2D eigenvalue weighted by Gasteiger charge is -2.33. The van der Waals surface area contributed by atoms with E-state index in [4.69, 9.17) is 0 Å². The number of thiophene rings is 1. The van der Waals surface area contributed by atoms with Gasteiger partial charge in [-0.05, 0) is 42.2 Å². The maximum atomic E-state index is 11.6. The number of aliphatic imine (C=N–C) groups is 1. The molecule has 28 heavy (non-hydrogen) atoms. The molecule has 0 atom stereocenters. The van der Waals surface area contributed by atoms with E-state index in [1.807, 2.05) is 6.92 Å². The minimum absolute atomic E-state index is 0. The average molecular weight is 520 g/mol. The van der Waals surface area contributed by atoms with Crippen molar-refractivity contribution in [3.05, 3.63) is 22.4 Å². The van der Waals surface area contributed by atoms with Crippen LogP contribution >= 0.6 is 35.3 Å². The van der Waals surface area contributed by atoms with E-state index in [2.05, 4.69) is 42.7 Å². The Balaban J connectivity index is 0.00000280. The highest BCUT2D eigenvalue weighted by Crippen LogP contribution is 2.15. The summed E-state index contributed by atoms with van der Waals surface area (Å²) in [6, 6.07) is 2.25. The number of imide groups is 1. The number of hydrogen-bond donors (Lipinski definition) is 3. The number of carbonyl (C=O) groups excluding carboxylic acids is 2. The van der Waals surface area contributed by atoms with Gasteiger partial charge in [-0.25, -0.2) is 4.79 Å². The van der Waals surface area contributed by atoms with Crippen LogP contribution in [0.15, 0.2) is 21.8 Å². The van der Waals surface area contributed by atoms with Crippen molar-refractivity contribution in [2.24, 2.45) is 4.99 Å². The number of hydrogen-bond acceptors (Lipinski definition) is 5. The molecule has 3 rings (SSSR count). The molecule has 0 saturated carbocycles.